The number of benzene rings is 3. The number of esters is 1. The molecule has 3 unspecified atom stereocenters. The summed E-state index contributed by atoms with van der Waals surface area (Å²) in [6.07, 6.45) is 2.67. The Kier molecular flexibility index (Phi) is 9.70. The minimum Gasteiger partial charge on any atom is -0.467 e. The molecule has 0 aliphatic carbocycles. The maximum atomic E-state index is 13.2. The number of carbonyl (C=O) groups is 1. The number of rotatable bonds is 11. The summed E-state index contributed by atoms with van der Waals surface area (Å²) in [6, 6.07) is 21.8. The molecule has 1 aromatic heterocycles. The summed E-state index contributed by atoms with van der Waals surface area (Å²) in [4.78, 5) is 18.7. The van der Waals surface area contributed by atoms with Crippen molar-refractivity contribution in [3.8, 4) is 11.1 Å². The van der Waals surface area contributed by atoms with Gasteiger partial charge in [0.1, 0.15) is 11.1 Å². The van der Waals surface area contributed by atoms with E-state index in [1.165, 1.54) is 18.4 Å². The predicted octanol–water partition coefficient (Wildman–Crippen LogP) is 6.28. The molecule has 0 spiro atoms. The summed E-state index contributed by atoms with van der Waals surface area (Å²) in [5.74, 6) is -0.715. The van der Waals surface area contributed by atoms with Gasteiger partial charge in [-0.3, -0.25) is 8.86 Å². The van der Waals surface area contributed by atoms with Gasteiger partial charge in [-0.2, -0.15) is 0 Å². The van der Waals surface area contributed by atoms with Crippen LogP contribution in [0.3, 0.4) is 0 Å². The molecule has 10 heteroatoms. The van der Waals surface area contributed by atoms with E-state index in [0.29, 0.717) is 10.7 Å². The molecule has 1 heterocycles. The predicted molar refractivity (Wildman–Crippen MR) is 154 cm³/mol. The zero-order chi connectivity index (χ0) is 27.1. The second kappa shape index (κ2) is 13.2. The molecule has 3 atom stereocenters. The van der Waals surface area contributed by atoms with Crippen molar-refractivity contribution in [3.63, 3.8) is 0 Å². The monoisotopic (exact) mass is 568 g/mol. The second-order valence-electron chi connectivity index (χ2n) is 8.39. The normalized spacial score (nSPS) is 13.5. The number of thiazole rings is 1. The molecule has 4 aromatic rings. The highest BCUT2D eigenvalue weighted by molar-refractivity contribution is 7.98. The number of carbonyl (C=O) groups excluding carboxylic acids is 1. The fourth-order valence-corrected chi connectivity index (χ4v) is 5.75. The molecular formula is C28H28N2O5S3. The maximum Gasteiger partial charge on any atom is 0.332 e. The molecule has 1 N–H and O–H groups in total. The summed E-state index contributed by atoms with van der Waals surface area (Å²) >= 11 is 0.397. The van der Waals surface area contributed by atoms with Crippen molar-refractivity contribution in [1.82, 2.24) is 4.98 Å². The quantitative estimate of drug-likeness (QED) is 0.129. The van der Waals surface area contributed by atoms with Crippen molar-refractivity contribution in [2.75, 3.05) is 17.7 Å². The number of hydrogen-bond acceptors (Lipinski definition) is 7. The van der Waals surface area contributed by atoms with Crippen LogP contribution in [0.2, 0.25) is 0 Å². The van der Waals surface area contributed by atoms with Crippen LogP contribution in [0.4, 0.5) is 5.69 Å². The first-order valence-electron chi connectivity index (χ1n) is 11.7. The van der Waals surface area contributed by atoms with Crippen LogP contribution in [0.15, 0.2) is 89.3 Å². The third-order valence-electron chi connectivity index (χ3n) is 5.94. The van der Waals surface area contributed by atoms with E-state index in [2.05, 4.69) is 4.98 Å². The first-order valence-corrected chi connectivity index (χ1v) is 14.9. The zero-order valence-electron chi connectivity index (χ0n) is 21.1. The van der Waals surface area contributed by atoms with E-state index in [-0.39, 0.29) is 6.61 Å². The van der Waals surface area contributed by atoms with Crippen molar-refractivity contribution in [2.45, 2.75) is 30.6 Å². The lowest BCUT2D eigenvalue weighted by atomic mass is 10.0. The number of hydrogen-bond donors (Lipinski definition) is 1. The van der Waals surface area contributed by atoms with E-state index in [9.17, 15) is 13.6 Å². The van der Waals surface area contributed by atoms with Crippen LogP contribution in [0.1, 0.15) is 22.2 Å². The third kappa shape index (κ3) is 6.69. The number of ether oxygens (including phenoxy) is 2. The van der Waals surface area contributed by atoms with Crippen LogP contribution in [0.25, 0.3) is 11.1 Å². The Morgan fingerprint density at radius 3 is 2.21 bits per heavy atom. The first-order chi connectivity index (χ1) is 18.4. The van der Waals surface area contributed by atoms with Crippen LogP contribution in [-0.4, -0.2) is 39.1 Å². The highest BCUT2D eigenvalue weighted by Gasteiger charge is 2.41. The minimum atomic E-state index is -2.57. The van der Waals surface area contributed by atoms with Gasteiger partial charge in [-0.05, 0) is 54.1 Å². The van der Waals surface area contributed by atoms with Crippen LogP contribution in [-0.2, 0) is 32.1 Å². The van der Waals surface area contributed by atoms with Crippen molar-refractivity contribution in [1.29, 1.82) is 0 Å². The van der Waals surface area contributed by atoms with Crippen molar-refractivity contribution >= 4 is 46.0 Å². The fraction of sp³-hybridized carbons (Fsp3) is 0.214. The van der Waals surface area contributed by atoms with Crippen LogP contribution in [0, 0.1) is 6.92 Å². The van der Waals surface area contributed by atoms with Gasteiger partial charge in [-0.1, -0.05) is 54.1 Å². The Morgan fingerprint density at radius 2 is 1.68 bits per heavy atom. The fourth-order valence-electron chi connectivity index (χ4n) is 3.94. The zero-order valence-corrected chi connectivity index (χ0v) is 23.6. The Bertz CT molecular complexity index is 1350. The van der Waals surface area contributed by atoms with E-state index in [0.717, 1.165) is 31.5 Å². The average molecular weight is 569 g/mol. The molecule has 3 aromatic carbocycles. The lowest BCUT2D eigenvalue weighted by Gasteiger charge is -2.32. The lowest BCUT2D eigenvalue weighted by molar-refractivity contribution is -0.146. The molecule has 0 amide bonds. The van der Waals surface area contributed by atoms with E-state index in [1.807, 2.05) is 73.8 Å². The van der Waals surface area contributed by atoms with Gasteiger partial charge >= 0.3 is 5.97 Å². The third-order valence-corrected chi connectivity index (χ3v) is 8.30. The molecule has 0 aliphatic rings. The van der Waals surface area contributed by atoms with Crippen LogP contribution >= 0.6 is 23.1 Å². The number of methoxy groups -OCH3 is 1. The molecule has 4 rings (SSSR count). The van der Waals surface area contributed by atoms with Gasteiger partial charge < -0.3 is 9.47 Å². The summed E-state index contributed by atoms with van der Waals surface area (Å²) in [5.41, 5.74) is 4.33. The number of aromatic nitrogens is 1. The number of thioether (sulfide) groups is 1. The number of aryl methyl sites for hydroxylation is 1. The first kappa shape index (κ1) is 28.0. The van der Waals surface area contributed by atoms with E-state index in [4.69, 9.17) is 9.47 Å². The van der Waals surface area contributed by atoms with Crippen molar-refractivity contribution in [2.24, 2.45) is 0 Å². The van der Waals surface area contributed by atoms with Gasteiger partial charge in [0.15, 0.2) is 6.04 Å². The highest BCUT2D eigenvalue weighted by atomic mass is 32.2. The van der Waals surface area contributed by atoms with Gasteiger partial charge in [0, 0.05) is 16.5 Å². The number of nitrogens with zero attached hydrogens (tertiary/aromatic N) is 2. The largest absolute Gasteiger partial charge is 0.467 e. The molecule has 198 valence electrons. The summed E-state index contributed by atoms with van der Waals surface area (Å²) in [5, 5.41) is 2.26. The van der Waals surface area contributed by atoms with Gasteiger partial charge in [0.05, 0.1) is 19.4 Å². The topological polar surface area (TPSA) is 89.0 Å². The molecule has 7 nitrogen and oxygen atoms in total. The molecule has 0 fully saturated rings. The average Bonchev–Trinajstić information content (AvgIpc) is 3.48. The maximum absolute atomic E-state index is 13.2. The minimum absolute atomic E-state index is 0.175. The summed E-state index contributed by atoms with van der Waals surface area (Å²) in [7, 11) is 1.24. The van der Waals surface area contributed by atoms with Crippen molar-refractivity contribution < 1.29 is 23.0 Å². The summed E-state index contributed by atoms with van der Waals surface area (Å²) in [6.45, 7) is 2.17. The smallest absolute Gasteiger partial charge is 0.332 e. The lowest BCUT2D eigenvalue weighted by Crippen LogP contribution is -2.47. The van der Waals surface area contributed by atoms with E-state index < -0.39 is 29.4 Å². The Morgan fingerprint density at radius 1 is 1.05 bits per heavy atom. The van der Waals surface area contributed by atoms with Gasteiger partial charge in [-0.15, -0.1) is 23.1 Å². The van der Waals surface area contributed by atoms with Crippen LogP contribution < -0.4 is 4.31 Å². The van der Waals surface area contributed by atoms with Crippen molar-refractivity contribution in [3.05, 3.63) is 101 Å². The Balaban J connectivity index is 1.68. The molecule has 0 aliphatic heterocycles. The SMILES string of the molecule is COC(=O)C(C(OCc1ccc(C)cc1)c1nccs1)N(c1ccc(-c2ccc(SC)cc2)cc1)S(=O)O. The Labute approximate surface area is 233 Å². The molecule has 0 saturated heterocycles. The van der Waals surface area contributed by atoms with E-state index in [1.54, 1.807) is 35.5 Å². The van der Waals surface area contributed by atoms with Gasteiger partial charge in [-0.25, -0.2) is 14.0 Å². The van der Waals surface area contributed by atoms with Crippen LogP contribution in [0.5, 0.6) is 0 Å². The molecule has 0 saturated carbocycles. The summed E-state index contributed by atoms with van der Waals surface area (Å²) < 4.78 is 35.6. The molecule has 0 radical (unpaired) electrons. The number of anilines is 1. The molecule has 38 heavy (non-hydrogen) atoms. The Hall–Kier alpha value is -3.02. The van der Waals surface area contributed by atoms with Gasteiger partial charge in [0.2, 0.25) is 0 Å². The highest BCUT2D eigenvalue weighted by Crippen LogP contribution is 2.34. The molecule has 0 bridgehead atoms. The van der Waals surface area contributed by atoms with E-state index >= 15 is 0 Å². The molecular weight excluding hydrogens is 541 g/mol. The second-order valence-corrected chi connectivity index (χ2v) is 11.0. The van der Waals surface area contributed by atoms with Gasteiger partial charge in [0.25, 0.3) is 11.3 Å². The standard InChI is InChI=1S/C28H28N2O5S3/c1-19-4-6-20(7-5-19)18-35-26(27-29-16-17-37-27)25(28(31)34-2)30(38(32)33)23-12-8-21(9-13-23)22-10-14-24(36-3)15-11-22/h4-17,25-26H,18H2,1-3H3,(H,32,33).